The first kappa shape index (κ1) is 8.10. The van der Waals surface area contributed by atoms with Crippen LogP contribution in [0, 0.1) is 17.4 Å². The van der Waals surface area contributed by atoms with Gasteiger partial charge in [0.05, 0.1) is 3.57 Å². The highest BCUT2D eigenvalue weighted by Crippen LogP contribution is 2.25. The lowest BCUT2D eigenvalue weighted by Gasteiger charge is -1.94. The molecule has 12 heavy (non-hydrogen) atoms. The van der Waals surface area contributed by atoms with E-state index in [0.29, 0.717) is 0 Å². The van der Waals surface area contributed by atoms with Gasteiger partial charge in [0.15, 0.2) is 0 Å². The van der Waals surface area contributed by atoms with E-state index in [2.05, 4.69) is 47.7 Å². The number of hydrogen-bond donors (Lipinski definition) is 0. The van der Waals surface area contributed by atoms with Crippen molar-refractivity contribution in [2.75, 3.05) is 0 Å². The molecule has 1 heterocycles. The van der Waals surface area contributed by atoms with E-state index in [0.717, 1.165) is 11.3 Å². The number of benzene rings is 1. The topological polar surface area (TPSA) is 13.1 Å². The van der Waals surface area contributed by atoms with Gasteiger partial charge in [-0.15, -0.1) is 0 Å². The Morgan fingerprint density at radius 3 is 2.67 bits per heavy atom. The number of rotatable bonds is 0. The molecule has 0 aliphatic rings. The molecule has 0 unspecified atom stereocenters. The van der Waals surface area contributed by atoms with E-state index in [-0.39, 0.29) is 0 Å². The van der Waals surface area contributed by atoms with Crippen molar-refractivity contribution in [1.29, 1.82) is 0 Å². The highest BCUT2D eigenvalue weighted by atomic mass is 127. The van der Waals surface area contributed by atoms with Gasteiger partial charge in [-0.1, -0.05) is 0 Å². The second-order valence-corrected chi connectivity index (χ2v) is 4.18. The maximum absolute atomic E-state index is 5.55. The highest BCUT2D eigenvalue weighted by molar-refractivity contribution is 14.1. The number of aryl methyl sites for hydroxylation is 2. The number of fused-ring (bicyclic) bond motifs is 1. The summed E-state index contributed by atoms with van der Waals surface area (Å²) in [5.41, 5.74) is 2.30. The molecule has 0 atom stereocenters. The molecule has 0 fully saturated rings. The van der Waals surface area contributed by atoms with Crippen molar-refractivity contribution < 1.29 is 4.42 Å². The monoisotopic (exact) mass is 272 g/mol. The fourth-order valence-corrected chi connectivity index (χ4v) is 2.29. The van der Waals surface area contributed by atoms with Crippen molar-refractivity contribution in [3.63, 3.8) is 0 Å². The van der Waals surface area contributed by atoms with Gasteiger partial charge in [0.1, 0.15) is 11.3 Å². The van der Waals surface area contributed by atoms with E-state index in [1.165, 1.54) is 14.5 Å². The van der Waals surface area contributed by atoms with E-state index in [9.17, 15) is 0 Å². The number of furan rings is 1. The van der Waals surface area contributed by atoms with E-state index in [4.69, 9.17) is 4.42 Å². The quantitative estimate of drug-likeness (QED) is 0.667. The van der Waals surface area contributed by atoms with Crippen LogP contribution >= 0.6 is 22.6 Å². The standard InChI is InChI=1S/C10H9IO/c1-6-3-8-5-7(2)12-10(8)9(11)4-6/h3-5H,1-2H3. The normalized spacial score (nSPS) is 10.9. The molecule has 2 aromatic rings. The minimum Gasteiger partial charge on any atom is -0.460 e. The average Bonchev–Trinajstić information content (AvgIpc) is 2.29. The summed E-state index contributed by atoms with van der Waals surface area (Å²) in [6.45, 7) is 4.08. The lowest BCUT2D eigenvalue weighted by molar-refractivity contribution is 0.576. The zero-order chi connectivity index (χ0) is 8.72. The molecule has 0 radical (unpaired) electrons. The Labute approximate surface area is 84.9 Å². The lowest BCUT2D eigenvalue weighted by atomic mass is 10.2. The third-order valence-electron chi connectivity index (χ3n) is 1.84. The molecule has 62 valence electrons. The first-order valence-electron chi connectivity index (χ1n) is 3.83. The van der Waals surface area contributed by atoms with Gasteiger partial charge in [0.2, 0.25) is 0 Å². The Hall–Kier alpha value is -0.510. The summed E-state index contributed by atoms with van der Waals surface area (Å²) in [6, 6.07) is 6.35. The molecule has 0 bridgehead atoms. The third-order valence-corrected chi connectivity index (χ3v) is 2.64. The molecular weight excluding hydrogens is 263 g/mol. The van der Waals surface area contributed by atoms with E-state index in [1.54, 1.807) is 0 Å². The third kappa shape index (κ3) is 1.24. The zero-order valence-electron chi connectivity index (χ0n) is 7.02. The van der Waals surface area contributed by atoms with Crippen molar-refractivity contribution in [2.45, 2.75) is 13.8 Å². The predicted molar refractivity (Wildman–Crippen MR) is 58.4 cm³/mol. The molecule has 1 aromatic carbocycles. The van der Waals surface area contributed by atoms with Crippen LogP contribution < -0.4 is 0 Å². The molecule has 0 amide bonds. The molecule has 0 N–H and O–H groups in total. The van der Waals surface area contributed by atoms with Crippen molar-refractivity contribution in [3.8, 4) is 0 Å². The van der Waals surface area contributed by atoms with Gasteiger partial charge >= 0.3 is 0 Å². The van der Waals surface area contributed by atoms with Gasteiger partial charge in [0, 0.05) is 5.39 Å². The molecule has 0 saturated heterocycles. The van der Waals surface area contributed by atoms with Gasteiger partial charge in [-0.3, -0.25) is 0 Å². The van der Waals surface area contributed by atoms with Crippen LogP contribution in [0.1, 0.15) is 11.3 Å². The largest absolute Gasteiger partial charge is 0.460 e. The zero-order valence-corrected chi connectivity index (χ0v) is 9.18. The Morgan fingerprint density at radius 2 is 1.92 bits per heavy atom. The van der Waals surface area contributed by atoms with Gasteiger partial charge in [-0.05, 0) is 60.2 Å². The molecule has 0 aliphatic carbocycles. The fraction of sp³-hybridized carbons (Fsp3) is 0.200. The predicted octanol–water partition coefficient (Wildman–Crippen LogP) is 3.65. The number of halogens is 1. The van der Waals surface area contributed by atoms with Crippen molar-refractivity contribution in [1.82, 2.24) is 0 Å². The average molecular weight is 272 g/mol. The maximum Gasteiger partial charge on any atom is 0.147 e. The molecular formula is C10H9IO. The van der Waals surface area contributed by atoms with Gasteiger partial charge < -0.3 is 4.42 Å². The van der Waals surface area contributed by atoms with Crippen LogP contribution in [0.15, 0.2) is 22.6 Å². The fourth-order valence-electron chi connectivity index (χ4n) is 1.38. The van der Waals surface area contributed by atoms with Gasteiger partial charge in [-0.2, -0.15) is 0 Å². The Balaban J connectivity index is 2.88. The second-order valence-electron chi connectivity index (χ2n) is 3.02. The second kappa shape index (κ2) is 2.76. The summed E-state index contributed by atoms with van der Waals surface area (Å²) >= 11 is 2.30. The molecule has 1 aromatic heterocycles. The van der Waals surface area contributed by atoms with Crippen molar-refractivity contribution >= 4 is 33.6 Å². The maximum atomic E-state index is 5.55. The minimum atomic E-state index is 0.980. The van der Waals surface area contributed by atoms with Crippen LogP contribution in [0.5, 0.6) is 0 Å². The highest BCUT2D eigenvalue weighted by Gasteiger charge is 2.04. The van der Waals surface area contributed by atoms with E-state index in [1.807, 2.05) is 6.92 Å². The van der Waals surface area contributed by atoms with Crippen LogP contribution in [-0.4, -0.2) is 0 Å². The summed E-state index contributed by atoms with van der Waals surface area (Å²) in [7, 11) is 0. The Kier molecular flexibility index (Phi) is 1.87. The molecule has 0 saturated carbocycles. The van der Waals surface area contributed by atoms with E-state index >= 15 is 0 Å². The first-order valence-corrected chi connectivity index (χ1v) is 4.91. The number of hydrogen-bond acceptors (Lipinski definition) is 1. The van der Waals surface area contributed by atoms with Crippen molar-refractivity contribution in [3.05, 3.63) is 33.1 Å². The summed E-state index contributed by atoms with van der Waals surface area (Å²) in [6.07, 6.45) is 0. The molecule has 0 aliphatic heterocycles. The van der Waals surface area contributed by atoms with Crippen molar-refractivity contribution in [2.24, 2.45) is 0 Å². The lowest BCUT2D eigenvalue weighted by Crippen LogP contribution is -1.75. The Morgan fingerprint density at radius 1 is 1.17 bits per heavy atom. The van der Waals surface area contributed by atoms with E-state index < -0.39 is 0 Å². The van der Waals surface area contributed by atoms with Crippen LogP contribution in [0.2, 0.25) is 0 Å². The summed E-state index contributed by atoms with van der Waals surface area (Å²) < 4.78 is 6.74. The SMILES string of the molecule is Cc1cc(I)c2oc(C)cc2c1. The van der Waals surface area contributed by atoms with Crippen LogP contribution in [0.25, 0.3) is 11.0 Å². The smallest absolute Gasteiger partial charge is 0.147 e. The molecule has 2 heteroatoms. The van der Waals surface area contributed by atoms with Gasteiger partial charge in [0.25, 0.3) is 0 Å². The first-order chi connectivity index (χ1) is 5.66. The summed E-state index contributed by atoms with van der Waals surface area (Å²) in [5.74, 6) is 0.980. The minimum absolute atomic E-state index is 0.980. The van der Waals surface area contributed by atoms with Gasteiger partial charge in [-0.25, -0.2) is 0 Å². The van der Waals surface area contributed by atoms with Crippen LogP contribution in [-0.2, 0) is 0 Å². The van der Waals surface area contributed by atoms with Crippen LogP contribution in [0.3, 0.4) is 0 Å². The molecule has 1 nitrogen and oxygen atoms in total. The molecule has 0 spiro atoms. The summed E-state index contributed by atoms with van der Waals surface area (Å²) in [5, 5.41) is 1.21. The molecule has 2 rings (SSSR count). The Bertz CT molecular complexity index is 429. The van der Waals surface area contributed by atoms with Crippen LogP contribution in [0.4, 0.5) is 0 Å². The summed E-state index contributed by atoms with van der Waals surface area (Å²) in [4.78, 5) is 0.